The summed E-state index contributed by atoms with van der Waals surface area (Å²) < 4.78 is 0. The van der Waals surface area contributed by atoms with Crippen molar-refractivity contribution in [2.75, 3.05) is 19.7 Å². The summed E-state index contributed by atoms with van der Waals surface area (Å²) >= 11 is 0. The van der Waals surface area contributed by atoms with Gasteiger partial charge in [0.1, 0.15) is 5.75 Å². The number of carbonyl (C=O) groups excluding carboxylic acids is 2. The van der Waals surface area contributed by atoms with Crippen molar-refractivity contribution in [3.63, 3.8) is 0 Å². The van der Waals surface area contributed by atoms with Gasteiger partial charge in [0.25, 0.3) is 11.8 Å². The number of phenols is 1. The molecule has 0 spiro atoms. The molecule has 9 nitrogen and oxygen atoms in total. The van der Waals surface area contributed by atoms with Gasteiger partial charge in [-0.3, -0.25) is 9.59 Å². The van der Waals surface area contributed by atoms with Gasteiger partial charge in [0.2, 0.25) is 0 Å². The molecule has 0 aliphatic heterocycles. The Hall–Kier alpha value is -2.20. The Bertz CT molecular complexity index is 533. The minimum atomic E-state index is -1.72. The fraction of sp³-hybridized carbons (Fsp3) is 0.385. The first-order valence-electron chi connectivity index (χ1n) is 6.39. The van der Waals surface area contributed by atoms with Crippen molar-refractivity contribution in [2.45, 2.75) is 12.4 Å². The van der Waals surface area contributed by atoms with E-state index in [2.05, 4.69) is 10.6 Å². The number of nitrogens with one attached hydrogen (secondary N) is 2. The van der Waals surface area contributed by atoms with Gasteiger partial charge in [-0.1, -0.05) is 0 Å². The Balaban J connectivity index is 2.80. The highest BCUT2D eigenvalue weighted by Crippen LogP contribution is 2.16. The quantitative estimate of drug-likeness (QED) is 0.274. The molecule has 0 aliphatic rings. The van der Waals surface area contributed by atoms with Gasteiger partial charge >= 0.3 is 0 Å². The van der Waals surface area contributed by atoms with Gasteiger partial charge in [-0.15, -0.1) is 0 Å². The Morgan fingerprint density at radius 3 is 1.91 bits per heavy atom. The lowest BCUT2D eigenvalue weighted by Crippen LogP contribution is -2.34. The number of carbonyl (C=O) groups is 2. The van der Waals surface area contributed by atoms with Crippen LogP contribution in [-0.4, -0.2) is 69.4 Å². The van der Waals surface area contributed by atoms with E-state index in [1.165, 1.54) is 6.07 Å². The SMILES string of the molecule is O=C(NCC(O)O)c1cc(O)cc(C(=O)NCC(O)CO)c1. The molecule has 1 rings (SSSR count). The van der Waals surface area contributed by atoms with E-state index in [9.17, 15) is 14.7 Å². The summed E-state index contributed by atoms with van der Waals surface area (Å²) in [6, 6.07) is 3.43. The lowest BCUT2D eigenvalue weighted by atomic mass is 10.1. The smallest absolute Gasteiger partial charge is 0.251 e. The molecule has 1 atom stereocenters. The molecular formula is C13H18N2O7. The summed E-state index contributed by atoms with van der Waals surface area (Å²) in [6.07, 6.45) is -2.83. The number of rotatable bonds is 7. The van der Waals surface area contributed by atoms with Crippen LogP contribution in [0.4, 0.5) is 0 Å². The van der Waals surface area contributed by atoms with E-state index in [0.29, 0.717) is 0 Å². The largest absolute Gasteiger partial charge is 0.508 e. The van der Waals surface area contributed by atoms with Crippen LogP contribution in [0.15, 0.2) is 18.2 Å². The molecule has 7 N–H and O–H groups in total. The molecule has 0 bridgehead atoms. The van der Waals surface area contributed by atoms with Gasteiger partial charge in [0.05, 0.1) is 19.3 Å². The van der Waals surface area contributed by atoms with Crippen LogP contribution in [-0.2, 0) is 0 Å². The molecule has 0 fully saturated rings. The molecule has 0 radical (unpaired) electrons. The third-order valence-corrected chi connectivity index (χ3v) is 2.60. The predicted octanol–water partition coefficient (Wildman–Crippen LogP) is -2.48. The van der Waals surface area contributed by atoms with Gasteiger partial charge in [0, 0.05) is 17.7 Å². The van der Waals surface area contributed by atoms with E-state index >= 15 is 0 Å². The first-order chi connectivity index (χ1) is 10.3. The number of benzene rings is 1. The second-order valence-electron chi connectivity index (χ2n) is 4.51. The topological polar surface area (TPSA) is 159 Å². The van der Waals surface area contributed by atoms with Gasteiger partial charge in [0.15, 0.2) is 6.29 Å². The van der Waals surface area contributed by atoms with Crippen LogP contribution in [0.3, 0.4) is 0 Å². The number of amides is 2. The van der Waals surface area contributed by atoms with Gasteiger partial charge in [-0.05, 0) is 18.2 Å². The highest BCUT2D eigenvalue weighted by Gasteiger charge is 2.14. The highest BCUT2D eigenvalue weighted by molar-refractivity contribution is 6.00. The third-order valence-electron chi connectivity index (χ3n) is 2.60. The number of aliphatic hydroxyl groups excluding tert-OH is 3. The first-order valence-corrected chi connectivity index (χ1v) is 6.39. The molecule has 122 valence electrons. The molecule has 1 aromatic rings. The molecule has 0 saturated carbocycles. The Morgan fingerprint density at radius 2 is 1.45 bits per heavy atom. The molecule has 0 heterocycles. The van der Waals surface area contributed by atoms with Gasteiger partial charge in [-0.25, -0.2) is 0 Å². The van der Waals surface area contributed by atoms with E-state index in [0.717, 1.165) is 12.1 Å². The average Bonchev–Trinajstić information content (AvgIpc) is 2.48. The predicted molar refractivity (Wildman–Crippen MR) is 74.1 cm³/mol. The van der Waals surface area contributed by atoms with Crippen molar-refractivity contribution < 1.29 is 35.1 Å². The van der Waals surface area contributed by atoms with Crippen molar-refractivity contribution in [3.05, 3.63) is 29.3 Å². The standard InChI is InChI=1S/C13H18N2O7/c16-6-10(18)4-14-12(21)7-1-8(3-9(17)2-7)13(22)15-5-11(19)20/h1-3,10-11,16-20H,4-6H2,(H,14,21)(H,15,22). The van der Waals surface area contributed by atoms with Crippen LogP contribution < -0.4 is 10.6 Å². The van der Waals surface area contributed by atoms with Crippen molar-refractivity contribution in [1.29, 1.82) is 0 Å². The zero-order valence-electron chi connectivity index (χ0n) is 11.6. The minimum absolute atomic E-state index is 0.0279. The van der Waals surface area contributed by atoms with Crippen LogP contribution in [0, 0.1) is 0 Å². The van der Waals surface area contributed by atoms with E-state index < -0.39 is 37.4 Å². The zero-order chi connectivity index (χ0) is 16.7. The van der Waals surface area contributed by atoms with Crippen LogP contribution in [0.5, 0.6) is 5.75 Å². The lowest BCUT2D eigenvalue weighted by molar-refractivity contribution is -0.0361. The molecule has 1 aromatic carbocycles. The number of hydrogen-bond donors (Lipinski definition) is 7. The van der Waals surface area contributed by atoms with Crippen LogP contribution in [0.2, 0.25) is 0 Å². The minimum Gasteiger partial charge on any atom is -0.508 e. The Kier molecular flexibility index (Phi) is 6.73. The molecular weight excluding hydrogens is 296 g/mol. The van der Waals surface area contributed by atoms with Crippen molar-refractivity contribution >= 4 is 11.8 Å². The Morgan fingerprint density at radius 1 is 0.955 bits per heavy atom. The Labute approximate surface area is 125 Å². The summed E-state index contributed by atoms with van der Waals surface area (Å²) in [5, 5.41) is 49.2. The second-order valence-corrected chi connectivity index (χ2v) is 4.51. The van der Waals surface area contributed by atoms with Gasteiger partial charge in [-0.2, -0.15) is 0 Å². The third kappa shape index (κ3) is 5.66. The monoisotopic (exact) mass is 314 g/mol. The molecule has 1 unspecified atom stereocenters. The fourth-order valence-corrected chi connectivity index (χ4v) is 1.54. The lowest BCUT2D eigenvalue weighted by Gasteiger charge is -2.11. The van der Waals surface area contributed by atoms with Crippen LogP contribution >= 0.6 is 0 Å². The van der Waals surface area contributed by atoms with Crippen LogP contribution in [0.1, 0.15) is 20.7 Å². The molecule has 2 amide bonds. The molecule has 22 heavy (non-hydrogen) atoms. The maximum absolute atomic E-state index is 11.8. The summed E-state index contributed by atoms with van der Waals surface area (Å²) in [5.41, 5.74) is -0.0756. The molecule has 0 aromatic heterocycles. The fourth-order valence-electron chi connectivity index (χ4n) is 1.54. The summed E-state index contributed by atoms with van der Waals surface area (Å²) in [7, 11) is 0. The van der Waals surface area contributed by atoms with Gasteiger partial charge < -0.3 is 36.2 Å². The number of aromatic hydroxyl groups is 1. The van der Waals surface area contributed by atoms with Crippen molar-refractivity contribution in [3.8, 4) is 5.75 Å². The van der Waals surface area contributed by atoms with Crippen molar-refractivity contribution in [2.24, 2.45) is 0 Å². The van der Waals surface area contributed by atoms with E-state index in [1.54, 1.807) is 0 Å². The van der Waals surface area contributed by atoms with E-state index in [4.69, 9.17) is 20.4 Å². The molecule has 9 heteroatoms. The first kappa shape index (κ1) is 17.9. The van der Waals surface area contributed by atoms with E-state index in [1.807, 2.05) is 0 Å². The maximum atomic E-state index is 11.8. The highest BCUT2D eigenvalue weighted by atomic mass is 16.5. The van der Waals surface area contributed by atoms with E-state index in [-0.39, 0.29) is 23.4 Å². The molecule has 0 saturated heterocycles. The summed E-state index contributed by atoms with van der Waals surface area (Å²) in [5.74, 6) is -1.68. The summed E-state index contributed by atoms with van der Waals surface area (Å²) in [4.78, 5) is 23.6. The van der Waals surface area contributed by atoms with Crippen molar-refractivity contribution in [1.82, 2.24) is 10.6 Å². The molecule has 0 aliphatic carbocycles. The zero-order valence-corrected chi connectivity index (χ0v) is 11.6. The number of aliphatic hydroxyl groups is 4. The average molecular weight is 314 g/mol. The number of hydrogen-bond acceptors (Lipinski definition) is 7. The normalized spacial score (nSPS) is 12.0. The number of phenolic OH excluding ortho intramolecular Hbond substituents is 1. The summed E-state index contributed by atoms with van der Waals surface area (Å²) in [6.45, 7) is -1.11. The maximum Gasteiger partial charge on any atom is 0.251 e. The second kappa shape index (κ2) is 8.29. The van der Waals surface area contributed by atoms with Crippen LogP contribution in [0.25, 0.3) is 0 Å².